The molecule has 142 valence electrons. The fourth-order valence-electron chi connectivity index (χ4n) is 3.50. The standard InChI is InChI=1S/C23H15BrClN3O/c1-29-16-8-10-21-17(12-16)23-18(13-26-21)22(14-7-9-19(24)20(25)11-14)27-28(23)15-5-3-2-4-6-15/h2-13H,1H3. The lowest BCUT2D eigenvalue weighted by Crippen LogP contribution is -1.97. The van der Waals surface area contributed by atoms with Gasteiger partial charge in [0, 0.05) is 27.0 Å². The fourth-order valence-corrected chi connectivity index (χ4v) is 3.93. The van der Waals surface area contributed by atoms with Gasteiger partial charge in [-0.1, -0.05) is 35.9 Å². The number of ether oxygens (including phenoxy) is 1. The molecule has 0 bridgehead atoms. The van der Waals surface area contributed by atoms with E-state index in [-0.39, 0.29) is 0 Å². The van der Waals surface area contributed by atoms with E-state index in [2.05, 4.69) is 20.9 Å². The van der Waals surface area contributed by atoms with Crippen molar-refractivity contribution < 1.29 is 4.74 Å². The van der Waals surface area contributed by atoms with Crippen molar-refractivity contribution in [2.75, 3.05) is 7.11 Å². The Hall–Kier alpha value is -2.89. The molecular formula is C23H15BrClN3O. The van der Waals surface area contributed by atoms with Crippen molar-refractivity contribution in [2.45, 2.75) is 0 Å². The van der Waals surface area contributed by atoms with E-state index in [9.17, 15) is 0 Å². The maximum absolute atomic E-state index is 6.36. The van der Waals surface area contributed by atoms with Crippen LogP contribution in [0.4, 0.5) is 0 Å². The summed E-state index contributed by atoms with van der Waals surface area (Å²) >= 11 is 9.82. The number of fused-ring (bicyclic) bond motifs is 3. The molecule has 0 aliphatic carbocycles. The SMILES string of the molecule is COc1ccc2ncc3c(-c4ccc(Br)c(Cl)c4)nn(-c4ccccc4)c3c2c1. The van der Waals surface area contributed by atoms with Gasteiger partial charge in [0.15, 0.2) is 0 Å². The molecule has 0 saturated carbocycles. The molecule has 0 saturated heterocycles. The van der Waals surface area contributed by atoms with Gasteiger partial charge in [-0.3, -0.25) is 4.98 Å². The molecular weight excluding hydrogens is 450 g/mol. The first-order valence-electron chi connectivity index (χ1n) is 9.02. The molecule has 3 aromatic carbocycles. The van der Waals surface area contributed by atoms with Gasteiger partial charge in [-0.15, -0.1) is 0 Å². The molecule has 29 heavy (non-hydrogen) atoms. The Morgan fingerprint density at radius 3 is 2.55 bits per heavy atom. The predicted molar refractivity (Wildman–Crippen MR) is 121 cm³/mol. The molecule has 0 aliphatic rings. The average Bonchev–Trinajstić information content (AvgIpc) is 3.16. The Bertz CT molecular complexity index is 1370. The predicted octanol–water partition coefficient (Wildman–Crippen LogP) is 6.67. The van der Waals surface area contributed by atoms with Gasteiger partial charge in [-0.25, -0.2) is 4.68 Å². The van der Waals surface area contributed by atoms with E-state index in [1.807, 2.05) is 77.6 Å². The topological polar surface area (TPSA) is 39.9 Å². The van der Waals surface area contributed by atoms with Crippen molar-refractivity contribution in [1.82, 2.24) is 14.8 Å². The van der Waals surface area contributed by atoms with Crippen LogP contribution in [-0.4, -0.2) is 21.9 Å². The summed E-state index contributed by atoms with van der Waals surface area (Å²) in [5.41, 5.74) is 4.60. The molecule has 0 spiro atoms. The Morgan fingerprint density at radius 2 is 1.79 bits per heavy atom. The summed E-state index contributed by atoms with van der Waals surface area (Å²) < 4.78 is 8.27. The summed E-state index contributed by atoms with van der Waals surface area (Å²) in [5, 5.41) is 7.54. The second kappa shape index (κ2) is 7.17. The summed E-state index contributed by atoms with van der Waals surface area (Å²) in [6.45, 7) is 0. The first kappa shape index (κ1) is 18.2. The second-order valence-electron chi connectivity index (χ2n) is 6.63. The highest BCUT2D eigenvalue weighted by Crippen LogP contribution is 2.36. The largest absolute Gasteiger partial charge is 0.497 e. The monoisotopic (exact) mass is 463 g/mol. The van der Waals surface area contributed by atoms with Crippen molar-refractivity contribution >= 4 is 49.3 Å². The van der Waals surface area contributed by atoms with Crippen LogP contribution in [0.2, 0.25) is 5.02 Å². The number of nitrogens with zero attached hydrogens (tertiary/aromatic N) is 3. The number of halogens is 2. The molecule has 5 aromatic rings. The number of hydrogen-bond donors (Lipinski definition) is 0. The molecule has 0 fully saturated rings. The molecule has 5 rings (SSSR count). The quantitative estimate of drug-likeness (QED) is 0.299. The van der Waals surface area contributed by atoms with Crippen molar-refractivity contribution in [3.05, 3.63) is 82.4 Å². The summed E-state index contributed by atoms with van der Waals surface area (Å²) in [6.07, 6.45) is 1.88. The number of hydrogen-bond acceptors (Lipinski definition) is 3. The number of para-hydroxylation sites is 1. The highest BCUT2D eigenvalue weighted by atomic mass is 79.9. The number of aromatic nitrogens is 3. The molecule has 0 radical (unpaired) electrons. The number of methoxy groups -OCH3 is 1. The molecule has 0 unspecified atom stereocenters. The normalized spacial score (nSPS) is 11.3. The van der Waals surface area contributed by atoms with Gasteiger partial charge in [0.05, 0.1) is 28.9 Å². The maximum Gasteiger partial charge on any atom is 0.119 e. The van der Waals surface area contributed by atoms with E-state index >= 15 is 0 Å². The second-order valence-corrected chi connectivity index (χ2v) is 7.89. The number of rotatable bonds is 3. The lowest BCUT2D eigenvalue weighted by molar-refractivity contribution is 0.415. The fraction of sp³-hybridized carbons (Fsp3) is 0.0435. The van der Waals surface area contributed by atoms with Crippen LogP contribution in [0.5, 0.6) is 5.75 Å². The Labute approximate surface area is 180 Å². The van der Waals surface area contributed by atoms with Crippen molar-refractivity contribution in [2.24, 2.45) is 0 Å². The van der Waals surface area contributed by atoms with Crippen molar-refractivity contribution in [3.63, 3.8) is 0 Å². The Balaban J connectivity index is 1.90. The van der Waals surface area contributed by atoms with Gasteiger partial charge >= 0.3 is 0 Å². The van der Waals surface area contributed by atoms with Crippen LogP contribution < -0.4 is 4.74 Å². The molecule has 4 nitrogen and oxygen atoms in total. The molecule has 0 amide bonds. The molecule has 0 atom stereocenters. The van der Waals surface area contributed by atoms with Crippen molar-refractivity contribution in [3.8, 4) is 22.7 Å². The summed E-state index contributed by atoms with van der Waals surface area (Å²) in [5.74, 6) is 0.779. The molecule has 6 heteroatoms. The van der Waals surface area contributed by atoms with Crippen LogP contribution >= 0.6 is 27.5 Å². The zero-order valence-corrected chi connectivity index (χ0v) is 17.8. The summed E-state index contributed by atoms with van der Waals surface area (Å²) in [7, 11) is 1.67. The van der Waals surface area contributed by atoms with Crippen LogP contribution in [0.3, 0.4) is 0 Å². The van der Waals surface area contributed by atoms with E-state index in [0.29, 0.717) is 5.02 Å². The maximum atomic E-state index is 6.36. The third kappa shape index (κ3) is 3.07. The molecule has 2 heterocycles. The number of pyridine rings is 1. The zero-order valence-electron chi connectivity index (χ0n) is 15.4. The lowest BCUT2D eigenvalue weighted by atomic mass is 10.1. The van der Waals surface area contributed by atoms with Crippen LogP contribution in [-0.2, 0) is 0 Å². The number of benzene rings is 3. The van der Waals surface area contributed by atoms with Crippen LogP contribution in [0.1, 0.15) is 0 Å². The minimum absolute atomic E-state index is 0.639. The molecule has 0 N–H and O–H groups in total. The van der Waals surface area contributed by atoms with E-state index in [4.69, 9.17) is 21.4 Å². The van der Waals surface area contributed by atoms with Crippen molar-refractivity contribution in [1.29, 1.82) is 0 Å². The van der Waals surface area contributed by atoms with Gasteiger partial charge in [0.25, 0.3) is 0 Å². The van der Waals surface area contributed by atoms with Gasteiger partial charge in [-0.2, -0.15) is 5.10 Å². The Morgan fingerprint density at radius 1 is 0.966 bits per heavy atom. The van der Waals surface area contributed by atoms with Crippen LogP contribution in [0.15, 0.2) is 77.4 Å². The molecule has 0 aliphatic heterocycles. The van der Waals surface area contributed by atoms with Gasteiger partial charge in [0.1, 0.15) is 11.4 Å². The Kier molecular flexibility index (Phi) is 4.49. The highest BCUT2D eigenvalue weighted by Gasteiger charge is 2.18. The first-order valence-corrected chi connectivity index (χ1v) is 10.2. The first-order chi connectivity index (χ1) is 14.2. The van der Waals surface area contributed by atoms with Crippen LogP contribution in [0, 0.1) is 0 Å². The minimum Gasteiger partial charge on any atom is -0.497 e. The van der Waals surface area contributed by atoms with Gasteiger partial charge < -0.3 is 4.74 Å². The van der Waals surface area contributed by atoms with Crippen LogP contribution in [0.25, 0.3) is 38.8 Å². The van der Waals surface area contributed by atoms with E-state index in [0.717, 1.165) is 49.0 Å². The third-order valence-electron chi connectivity index (χ3n) is 4.91. The van der Waals surface area contributed by atoms with E-state index < -0.39 is 0 Å². The molecule has 2 aromatic heterocycles. The van der Waals surface area contributed by atoms with Gasteiger partial charge in [-0.05, 0) is 58.4 Å². The lowest BCUT2D eigenvalue weighted by Gasteiger charge is -2.07. The third-order valence-corrected chi connectivity index (χ3v) is 6.14. The zero-order chi connectivity index (χ0) is 20.0. The minimum atomic E-state index is 0.639. The highest BCUT2D eigenvalue weighted by molar-refractivity contribution is 9.10. The van der Waals surface area contributed by atoms with E-state index in [1.54, 1.807) is 7.11 Å². The average molecular weight is 465 g/mol. The van der Waals surface area contributed by atoms with Gasteiger partial charge in [0.2, 0.25) is 0 Å². The summed E-state index contributed by atoms with van der Waals surface area (Å²) in [6, 6.07) is 21.8. The van der Waals surface area contributed by atoms with E-state index in [1.165, 1.54) is 0 Å². The summed E-state index contributed by atoms with van der Waals surface area (Å²) in [4.78, 5) is 4.67. The smallest absolute Gasteiger partial charge is 0.119 e.